The highest BCUT2D eigenvalue weighted by Gasteiger charge is 2.32. The molecular formula is C24H21Cl2N3O4. The highest BCUT2D eigenvalue weighted by atomic mass is 35.5. The highest BCUT2D eigenvalue weighted by Crippen LogP contribution is 2.33. The van der Waals surface area contributed by atoms with Crippen molar-refractivity contribution in [2.45, 2.75) is 12.5 Å². The lowest BCUT2D eigenvalue weighted by Crippen LogP contribution is -2.33. The number of pyridine rings is 1. The van der Waals surface area contributed by atoms with Gasteiger partial charge in [-0.2, -0.15) is 0 Å². The van der Waals surface area contributed by atoms with Crippen LogP contribution < -0.4 is 20.3 Å². The first-order valence-corrected chi connectivity index (χ1v) is 10.8. The van der Waals surface area contributed by atoms with Crippen molar-refractivity contribution in [2.75, 3.05) is 19.0 Å². The SMILES string of the molecule is COc1ccc(C(=O)Nc2c(Cl)cncc2Cl)cc1OCC1(C)C=C(c2ccccc2)NO1. The Kier molecular flexibility index (Phi) is 6.74. The van der Waals surface area contributed by atoms with Crippen LogP contribution >= 0.6 is 23.2 Å². The lowest BCUT2D eigenvalue weighted by atomic mass is 10.0. The first kappa shape index (κ1) is 22.9. The van der Waals surface area contributed by atoms with E-state index in [4.69, 9.17) is 37.5 Å². The first-order chi connectivity index (χ1) is 15.9. The molecule has 1 aliphatic heterocycles. The zero-order valence-corrected chi connectivity index (χ0v) is 19.4. The van der Waals surface area contributed by atoms with E-state index in [1.54, 1.807) is 18.2 Å². The normalized spacial score (nSPS) is 17.2. The number of ether oxygens (including phenoxy) is 2. The summed E-state index contributed by atoms with van der Waals surface area (Å²) in [5, 5.41) is 3.18. The van der Waals surface area contributed by atoms with E-state index in [0.29, 0.717) is 17.1 Å². The Morgan fingerprint density at radius 2 is 1.85 bits per heavy atom. The van der Waals surface area contributed by atoms with Crippen molar-refractivity contribution in [3.05, 3.63) is 88.2 Å². The quantitative estimate of drug-likeness (QED) is 0.468. The van der Waals surface area contributed by atoms with Crippen molar-refractivity contribution in [1.82, 2.24) is 10.5 Å². The lowest BCUT2D eigenvalue weighted by Gasteiger charge is -2.21. The standard InChI is InChI=1S/C24H21Cl2N3O4/c1-24(11-19(29-33-24)15-6-4-3-5-7-15)14-32-21-10-16(8-9-20(21)31-2)23(30)28-22-17(25)12-27-13-18(22)26/h3-13,29H,14H2,1-2H3,(H,27,28,30). The molecule has 1 amide bonds. The van der Waals surface area contributed by atoms with Crippen molar-refractivity contribution in [3.63, 3.8) is 0 Å². The average Bonchev–Trinajstić information content (AvgIpc) is 3.23. The number of anilines is 1. The van der Waals surface area contributed by atoms with E-state index in [1.165, 1.54) is 19.5 Å². The van der Waals surface area contributed by atoms with Crippen LogP contribution in [-0.4, -0.2) is 30.2 Å². The number of halogens is 2. The molecule has 1 atom stereocenters. The Morgan fingerprint density at radius 1 is 1.12 bits per heavy atom. The maximum Gasteiger partial charge on any atom is 0.255 e. The Labute approximate surface area is 201 Å². The number of nitrogens with one attached hydrogen (secondary N) is 2. The molecule has 3 aromatic rings. The molecule has 9 heteroatoms. The largest absolute Gasteiger partial charge is 0.493 e. The van der Waals surface area contributed by atoms with Gasteiger partial charge in [-0.25, -0.2) is 0 Å². The van der Waals surface area contributed by atoms with Crippen molar-refractivity contribution in [1.29, 1.82) is 0 Å². The number of methoxy groups -OCH3 is 1. The molecule has 0 aliphatic carbocycles. The number of rotatable bonds is 7. The first-order valence-electron chi connectivity index (χ1n) is 10.0. The van der Waals surface area contributed by atoms with E-state index < -0.39 is 11.5 Å². The molecule has 0 saturated heterocycles. The van der Waals surface area contributed by atoms with Crippen LogP contribution in [-0.2, 0) is 4.84 Å². The number of carbonyl (C=O) groups excluding carboxylic acids is 1. The maximum absolute atomic E-state index is 12.8. The maximum atomic E-state index is 12.8. The number of nitrogens with zero attached hydrogens (tertiary/aromatic N) is 1. The van der Waals surface area contributed by atoms with Gasteiger partial charge >= 0.3 is 0 Å². The fourth-order valence-corrected chi connectivity index (χ4v) is 3.69. The summed E-state index contributed by atoms with van der Waals surface area (Å²) in [4.78, 5) is 22.4. The Morgan fingerprint density at radius 3 is 2.55 bits per heavy atom. The second-order valence-corrected chi connectivity index (χ2v) is 8.34. The van der Waals surface area contributed by atoms with Crippen LogP contribution in [0.5, 0.6) is 11.5 Å². The molecule has 7 nitrogen and oxygen atoms in total. The molecule has 0 spiro atoms. The molecule has 33 heavy (non-hydrogen) atoms. The predicted octanol–water partition coefficient (Wildman–Crippen LogP) is 5.36. The minimum Gasteiger partial charge on any atom is -0.493 e. The van der Waals surface area contributed by atoms with Gasteiger partial charge in [0.05, 0.1) is 28.5 Å². The van der Waals surface area contributed by atoms with E-state index in [1.807, 2.05) is 43.3 Å². The molecule has 170 valence electrons. The summed E-state index contributed by atoms with van der Waals surface area (Å²) >= 11 is 12.2. The summed E-state index contributed by atoms with van der Waals surface area (Å²) in [5.74, 6) is 0.463. The van der Waals surface area contributed by atoms with Crippen molar-refractivity contribution in [2.24, 2.45) is 0 Å². The van der Waals surface area contributed by atoms with Crippen molar-refractivity contribution >= 4 is 40.5 Å². The van der Waals surface area contributed by atoms with E-state index >= 15 is 0 Å². The van der Waals surface area contributed by atoms with Gasteiger partial charge in [0.15, 0.2) is 11.5 Å². The summed E-state index contributed by atoms with van der Waals surface area (Å²) < 4.78 is 11.4. The van der Waals surface area contributed by atoms with Crippen LogP contribution in [0, 0.1) is 0 Å². The zero-order chi connectivity index (χ0) is 23.4. The van der Waals surface area contributed by atoms with Gasteiger partial charge < -0.3 is 14.8 Å². The van der Waals surface area contributed by atoms with E-state index in [0.717, 1.165) is 11.3 Å². The Hall–Kier alpha value is -3.26. The average molecular weight is 486 g/mol. The molecule has 0 fully saturated rings. The topological polar surface area (TPSA) is 81.7 Å². The number of hydroxylamine groups is 1. The Bertz CT molecular complexity index is 1180. The number of benzene rings is 2. The number of aromatic nitrogens is 1. The molecule has 0 radical (unpaired) electrons. The zero-order valence-electron chi connectivity index (χ0n) is 17.9. The summed E-state index contributed by atoms with van der Waals surface area (Å²) in [5.41, 5.74) is 4.71. The molecular weight excluding hydrogens is 465 g/mol. The van der Waals surface area contributed by atoms with Crippen LogP contribution in [0.25, 0.3) is 5.70 Å². The van der Waals surface area contributed by atoms with Crippen LogP contribution in [0.3, 0.4) is 0 Å². The monoisotopic (exact) mass is 485 g/mol. The van der Waals surface area contributed by atoms with E-state index in [2.05, 4.69) is 15.8 Å². The summed E-state index contributed by atoms with van der Waals surface area (Å²) in [7, 11) is 1.53. The van der Waals surface area contributed by atoms with Gasteiger partial charge in [0.1, 0.15) is 12.2 Å². The number of carbonyl (C=O) groups is 1. The highest BCUT2D eigenvalue weighted by molar-refractivity contribution is 6.39. The third-order valence-electron chi connectivity index (χ3n) is 4.96. The molecule has 0 saturated carbocycles. The van der Waals surface area contributed by atoms with Crippen molar-refractivity contribution < 1.29 is 19.1 Å². The second-order valence-electron chi connectivity index (χ2n) is 7.53. The molecule has 2 heterocycles. The van der Waals surface area contributed by atoms with Crippen molar-refractivity contribution in [3.8, 4) is 11.5 Å². The minimum absolute atomic E-state index is 0.180. The summed E-state index contributed by atoms with van der Waals surface area (Å²) in [6.07, 6.45) is 4.76. The van der Waals surface area contributed by atoms with Crippen LogP contribution in [0.1, 0.15) is 22.8 Å². The smallest absolute Gasteiger partial charge is 0.255 e. The molecule has 1 unspecified atom stereocenters. The van der Waals surface area contributed by atoms with Gasteiger partial charge in [-0.3, -0.25) is 20.1 Å². The fraction of sp³-hybridized carbons (Fsp3) is 0.167. The Balaban J connectivity index is 1.51. The lowest BCUT2D eigenvalue weighted by molar-refractivity contribution is -0.0476. The molecule has 4 rings (SSSR count). The van der Waals surface area contributed by atoms with Gasteiger partial charge in [-0.15, -0.1) is 0 Å². The predicted molar refractivity (Wildman–Crippen MR) is 128 cm³/mol. The third kappa shape index (κ3) is 5.22. The number of hydrogen-bond acceptors (Lipinski definition) is 6. The third-order valence-corrected chi connectivity index (χ3v) is 5.53. The van der Waals surface area contributed by atoms with Crippen LogP contribution in [0.2, 0.25) is 10.0 Å². The van der Waals surface area contributed by atoms with Gasteiger partial charge in [-0.05, 0) is 36.8 Å². The van der Waals surface area contributed by atoms with Crippen LogP contribution in [0.15, 0.2) is 67.0 Å². The summed E-state index contributed by atoms with van der Waals surface area (Å²) in [6.45, 7) is 2.08. The molecule has 1 aliphatic rings. The second kappa shape index (κ2) is 9.70. The molecule has 2 aromatic carbocycles. The van der Waals surface area contributed by atoms with Gasteiger partial charge in [-0.1, -0.05) is 53.5 Å². The van der Waals surface area contributed by atoms with E-state index in [-0.39, 0.29) is 22.3 Å². The minimum atomic E-state index is -0.730. The van der Waals surface area contributed by atoms with Crippen LogP contribution in [0.4, 0.5) is 5.69 Å². The molecule has 1 aromatic heterocycles. The molecule has 0 bridgehead atoms. The fourth-order valence-electron chi connectivity index (χ4n) is 3.24. The molecule has 2 N–H and O–H groups in total. The number of amides is 1. The van der Waals surface area contributed by atoms with Gasteiger partial charge in [0.25, 0.3) is 5.91 Å². The number of hydrogen-bond donors (Lipinski definition) is 2. The van der Waals surface area contributed by atoms with Gasteiger partial charge in [0, 0.05) is 18.0 Å². The van der Waals surface area contributed by atoms with E-state index in [9.17, 15) is 4.79 Å². The van der Waals surface area contributed by atoms with Gasteiger partial charge in [0.2, 0.25) is 0 Å². The summed E-state index contributed by atoms with van der Waals surface area (Å²) in [6, 6.07) is 14.7.